The van der Waals surface area contributed by atoms with Gasteiger partial charge in [-0.2, -0.15) is 16.7 Å². The highest BCUT2D eigenvalue weighted by molar-refractivity contribution is 9.10. The summed E-state index contributed by atoms with van der Waals surface area (Å²) in [5, 5.41) is 3.69. The molecule has 1 aromatic rings. The lowest BCUT2D eigenvalue weighted by Crippen LogP contribution is -2.35. The van der Waals surface area contributed by atoms with Crippen molar-refractivity contribution in [1.29, 1.82) is 0 Å². The first-order valence-electron chi connectivity index (χ1n) is 6.12. The molecule has 0 unspecified atom stereocenters. The molecule has 2 rings (SSSR count). The molecule has 0 spiro atoms. The van der Waals surface area contributed by atoms with Crippen molar-refractivity contribution in [3.8, 4) is 0 Å². The van der Waals surface area contributed by atoms with Gasteiger partial charge in [0.25, 0.3) is 0 Å². The van der Waals surface area contributed by atoms with E-state index in [0.717, 1.165) is 16.8 Å². The number of anilines is 1. The average molecular weight is 351 g/mol. The molecule has 6 heteroatoms. The smallest absolute Gasteiger partial charge is 0.224 e. The third kappa shape index (κ3) is 3.52. The third-order valence-electron chi connectivity index (χ3n) is 3.49. The van der Waals surface area contributed by atoms with Crippen LogP contribution in [-0.4, -0.2) is 27.5 Å². The van der Waals surface area contributed by atoms with Gasteiger partial charge in [-0.05, 0) is 46.6 Å². The van der Waals surface area contributed by atoms with Crippen LogP contribution in [0.3, 0.4) is 0 Å². The molecule has 1 aromatic heterocycles. The summed E-state index contributed by atoms with van der Waals surface area (Å²) in [6.45, 7) is 0.931. The molecule has 0 aromatic carbocycles. The van der Waals surface area contributed by atoms with Crippen LogP contribution in [-0.2, 0) is 0 Å². The molecule has 1 aliphatic carbocycles. The van der Waals surface area contributed by atoms with E-state index < -0.39 is 0 Å². The van der Waals surface area contributed by atoms with Gasteiger partial charge in [0.05, 0.1) is 4.47 Å². The second kappa shape index (κ2) is 6.44. The Bertz CT molecular complexity index is 410. The maximum Gasteiger partial charge on any atom is 0.224 e. The van der Waals surface area contributed by atoms with E-state index in [-0.39, 0.29) is 5.28 Å². The fourth-order valence-electron chi connectivity index (χ4n) is 2.36. The summed E-state index contributed by atoms with van der Waals surface area (Å²) in [6.07, 6.45) is 10.5. The fourth-order valence-corrected chi connectivity index (χ4v) is 3.74. The molecule has 0 bridgehead atoms. The van der Waals surface area contributed by atoms with E-state index in [0.29, 0.717) is 4.75 Å². The second-order valence-electron chi connectivity index (χ2n) is 4.64. The maximum absolute atomic E-state index is 5.82. The molecular formula is C12H17BrClN3S. The van der Waals surface area contributed by atoms with Gasteiger partial charge in [-0.25, -0.2) is 4.98 Å². The van der Waals surface area contributed by atoms with E-state index >= 15 is 0 Å². The Morgan fingerprint density at radius 2 is 2.17 bits per heavy atom. The lowest BCUT2D eigenvalue weighted by molar-refractivity contribution is 0.411. The van der Waals surface area contributed by atoms with Crippen LogP contribution in [0.2, 0.25) is 5.28 Å². The fraction of sp³-hybridized carbons (Fsp3) is 0.667. The largest absolute Gasteiger partial charge is 0.368 e. The van der Waals surface area contributed by atoms with E-state index in [2.05, 4.69) is 37.5 Å². The van der Waals surface area contributed by atoms with Crippen molar-refractivity contribution in [3.63, 3.8) is 0 Å². The highest BCUT2D eigenvalue weighted by atomic mass is 79.9. The van der Waals surface area contributed by atoms with Crippen molar-refractivity contribution in [3.05, 3.63) is 16.0 Å². The Labute approximate surface area is 126 Å². The van der Waals surface area contributed by atoms with Crippen molar-refractivity contribution in [2.24, 2.45) is 0 Å². The van der Waals surface area contributed by atoms with Gasteiger partial charge in [0.2, 0.25) is 5.28 Å². The van der Waals surface area contributed by atoms with Gasteiger partial charge in [0.1, 0.15) is 5.82 Å². The van der Waals surface area contributed by atoms with Crippen LogP contribution in [0.4, 0.5) is 5.82 Å². The first kappa shape index (κ1) is 14.4. The van der Waals surface area contributed by atoms with Gasteiger partial charge >= 0.3 is 0 Å². The SMILES string of the molecule is CSC1(CNc2nc(Cl)ncc2Br)CCCCC1. The summed E-state index contributed by atoms with van der Waals surface area (Å²) in [5.41, 5.74) is 0. The Balaban J connectivity index is 2.03. The van der Waals surface area contributed by atoms with Crippen molar-refractivity contribution in [1.82, 2.24) is 9.97 Å². The minimum absolute atomic E-state index is 0.280. The molecule has 0 amide bonds. The second-order valence-corrected chi connectivity index (χ2v) is 7.10. The number of thioether (sulfide) groups is 1. The number of hydrogen-bond acceptors (Lipinski definition) is 4. The number of nitrogens with one attached hydrogen (secondary N) is 1. The Kier molecular flexibility index (Phi) is 5.15. The molecule has 0 atom stereocenters. The number of aromatic nitrogens is 2. The van der Waals surface area contributed by atoms with Gasteiger partial charge in [-0.3, -0.25) is 0 Å². The van der Waals surface area contributed by atoms with Crippen LogP contribution in [0, 0.1) is 0 Å². The first-order valence-corrected chi connectivity index (χ1v) is 8.52. The maximum atomic E-state index is 5.82. The summed E-state index contributed by atoms with van der Waals surface area (Å²) in [6, 6.07) is 0. The lowest BCUT2D eigenvalue weighted by atomic mass is 9.88. The van der Waals surface area contributed by atoms with Crippen molar-refractivity contribution in [2.45, 2.75) is 36.9 Å². The van der Waals surface area contributed by atoms with E-state index in [1.807, 2.05) is 11.8 Å². The van der Waals surface area contributed by atoms with Crippen molar-refractivity contribution >= 4 is 45.1 Å². The van der Waals surface area contributed by atoms with Gasteiger partial charge in [-0.1, -0.05) is 19.3 Å². The predicted octanol–water partition coefficient (Wildman–Crippen LogP) is 4.37. The predicted molar refractivity (Wildman–Crippen MR) is 82.6 cm³/mol. The minimum Gasteiger partial charge on any atom is -0.368 e. The Hall–Kier alpha value is -0.000000000000000111. The quantitative estimate of drug-likeness (QED) is 0.818. The van der Waals surface area contributed by atoms with E-state index in [1.54, 1.807) is 6.20 Å². The van der Waals surface area contributed by atoms with E-state index in [9.17, 15) is 0 Å². The third-order valence-corrected chi connectivity index (χ3v) is 5.67. The summed E-state index contributed by atoms with van der Waals surface area (Å²) >= 11 is 11.2. The van der Waals surface area contributed by atoms with Gasteiger partial charge < -0.3 is 5.32 Å². The molecule has 1 aliphatic rings. The summed E-state index contributed by atoms with van der Waals surface area (Å²) < 4.78 is 1.20. The summed E-state index contributed by atoms with van der Waals surface area (Å²) in [5.74, 6) is 0.786. The molecule has 1 saturated carbocycles. The zero-order valence-electron chi connectivity index (χ0n) is 10.4. The Morgan fingerprint density at radius 3 is 2.83 bits per heavy atom. The van der Waals surface area contributed by atoms with Crippen LogP contribution in [0.25, 0.3) is 0 Å². The molecule has 18 heavy (non-hydrogen) atoms. The zero-order chi connectivity index (χ0) is 13.0. The van der Waals surface area contributed by atoms with Gasteiger partial charge in [0.15, 0.2) is 0 Å². The van der Waals surface area contributed by atoms with Crippen LogP contribution < -0.4 is 5.32 Å². The number of hydrogen-bond donors (Lipinski definition) is 1. The molecule has 1 N–H and O–H groups in total. The summed E-state index contributed by atoms with van der Waals surface area (Å²) in [7, 11) is 0. The Morgan fingerprint density at radius 1 is 1.44 bits per heavy atom. The molecule has 3 nitrogen and oxygen atoms in total. The molecule has 0 saturated heterocycles. The highest BCUT2D eigenvalue weighted by Crippen LogP contribution is 2.38. The minimum atomic E-state index is 0.280. The summed E-state index contributed by atoms with van der Waals surface area (Å²) in [4.78, 5) is 8.14. The van der Waals surface area contributed by atoms with Crippen LogP contribution in [0.15, 0.2) is 10.7 Å². The van der Waals surface area contributed by atoms with Crippen molar-refractivity contribution in [2.75, 3.05) is 18.1 Å². The van der Waals surface area contributed by atoms with Gasteiger partial charge in [0, 0.05) is 17.5 Å². The molecule has 100 valence electrons. The van der Waals surface area contributed by atoms with Crippen molar-refractivity contribution < 1.29 is 0 Å². The normalized spacial score (nSPS) is 18.6. The average Bonchev–Trinajstić information content (AvgIpc) is 2.41. The standard InChI is InChI=1S/C12H17BrClN3S/c1-18-12(5-3-2-4-6-12)8-16-10-9(13)7-15-11(14)17-10/h7H,2-6,8H2,1H3,(H,15,16,17). The lowest BCUT2D eigenvalue weighted by Gasteiger charge is -2.36. The highest BCUT2D eigenvalue weighted by Gasteiger charge is 2.31. The topological polar surface area (TPSA) is 37.8 Å². The molecular weight excluding hydrogens is 334 g/mol. The molecule has 1 fully saturated rings. The monoisotopic (exact) mass is 349 g/mol. The van der Waals surface area contributed by atoms with Crippen LogP contribution >= 0.6 is 39.3 Å². The number of rotatable bonds is 4. The van der Waals surface area contributed by atoms with Crippen LogP contribution in [0.1, 0.15) is 32.1 Å². The van der Waals surface area contributed by atoms with E-state index in [4.69, 9.17) is 11.6 Å². The first-order chi connectivity index (χ1) is 8.65. The van der Waals surface area contributed by atoms with E-state index in [1.165, 1.54) is 32.1 Å². The number of nitrogens with zero attached hydrogens (tertiary/aromatic N) is 2. The number of halogens is 2. The van der Waals surface area contributed by atoms with Gasteiger partial charge in [-0.15, -0.1) is 0 Å². The molecule has 0 aliphatic heterocycles. The zero-order valence-corrected chi connectivity index (χ0v) is 13.5. The van der Waals surface area contributed by atoms with Crippen LogP contribution in [0.5, 0.6) is 0 Å². The molecule has 0 radical (unpaired) electrons. The molecule has 1 heterocycles.